The topological polar surface area (TPSA) is 34.4 Å². The predicted molar refractivity (Wildman–Crippen MR) is 73.6 cm³/mol. The Hall–Kier alpha value is -1.04. The Morgan fingerprint density at radius 3 is 3.06 bits per heavy atom. The minimum Gasteiger partial charge on any atom is -0.268 e. The van der Waals surface area contributed by atoms with E-state index in [1.54, 1.807) is 18.0 Å². The van der Waals surface area contributed by atoms with Gasteiger partial charge in [-0.1, -0.05) is 29.0 Å². The van der Waals surface area contributed by atoms with Gasteiger partial charge in [-0.3, -0.25) is 9.20 Å². The van der Waals surface area contributed by atoms with Gasteiger partial charge in [-0.05, 0) is 18.4 Å². The first kappa shape index (κ1) is 11.1. The fraction of sp³-hybridized carbons (Fsp3) is 0.0909. The van der Waals surface area contributed by atoms with E-state index in [-0.39, 0.29) is 5.56 Å². The van der Waals surface area contributed by atoms with E-state index in [0.29, 0.717) is 14.7 Å². The van der Waals surface area contributed by atoms with Gasteiger partial charge in [-0.2, -0.15) is 0 Å². The molecule has 0 aliphatic rings. The summed E-state index contributed by atoms with van der Waals surface area (Å²) in [5, 5.41) is 0.659. The Morgan fingerprint density at radius 2 is 2.29 bits per heavy atom. The molecular formula is C11H7ClN2OS2. The molecule has 86 valence electrons. The van der Waals surface area contributed by atoms with Crippen LogP contribution in [0, 0.1) is 0 Å². The van der Waals surface area contributed by atoms with E-state index in [1.807, 2.05) is 24.5 Å². The summed E-state index contributed by atoms with van der Waals surface area (Å²) in [6.45, 7) is 0. The molecule has 0 amide bonds. The number of hydrogen-bond donors (Lipinski definition) is 0. The lowest BCUT2D eigenvalue weighted by atomic mass is 10.2. The zero-order chi connectivity index (χ0) is 12.0. The van der Waals surface area contributed by atoms with Gasteiger partial charge in [0.2, 0.25) is 0 Å². The standard InChI is InChI=1S/C11H7ClN2OS2/c1-16-7-4-2-3-6-9(7)10(15)14-5-8(12)17-11(14)13-6/h2-5H,1H3. The van der Waals surface area contributed by atoms with Crippen LogP contribution < -0.4 is 5.56 Å². The van der Waals surface area contributed by atoms with Gasteiger partial charge >= 0.3 is 0 Å². The molecule has 0 saturated heterocycles. The molecule has 2 aromatic heterocycles. The molecule has 0 radical (unpaired) electrons. The van der Waals surface area contributed by atoms with Gasteiger partial charge in [0.25, 0.3) is 5.56 Å². The van der Waals surface area contributed by atoms with Crippen molar-refractivity contribution in [3.8, 4) is 0 Å². The van der Waals surface area contributed by atoms with Gasteiger partial charge in [-0.15, -0.1) is 11.8 Å². The number of benzene rings is 1. The first-order valence-electron chi connectivity index (χ1n) is 4.85. The Morgan fingerprint density at radius 1 is 1.47 bits per heavy atom. The van der Waals surface area contributed by atoms with Crippen molar-refractivity contribution in [2.75, 3.05) is 6.26 Å². The third-order valence-corrected chi connectivity index (χ3v) is 4.38. The summed E-state index contributed by atoms with van der Waals surface area (Å²) >= 11 is 8.76. The first-order chi connectivity index (χ1) is 8.20. The van der Waals surface area contributed by atoms with E-state index < -0.39 is 0 Å². The maximum atomic E-state index is 12.3. The van der Waals surface area contributed by atoms with Crippen LogP contribution in [0.15, 0.2) is 34.1 Å². The fourth-order valence-electron chi connectivity index (χ4n) is 1.76. The van der Waals surface area contributed by atoms with Crippen molar-refractivity contribution in [3.05, 3.63) is 39.1 Å². The molecule has 3 rings (SSSR count). The van der Waals surface area contributed by atoms with Crippen LogP contribution in [0.2, 0.25) is 4.34 Å². The Balaban J connectivity index is 2.59. The normalized spacial score (nSPS) is 11.4. The number of fused-ring (bicyclic) bond motifs is 2. The lowest BCUT2D eigenvalue weighted by Crippen LogP contribution is -2.13. The van der Waals surface area contributed by atoms with E-state index in [2.05, 4.69) is 4.98 Å². The fourth-order valence-corrected chi connectivity index (χ4v) is 3.39. The highest BCUT2D eigenvalue weighted by molar-refractivity contribution is 7.98. The van der Waals surface area contributed by atoms with E-state index in [9.17, 15) is 4.79 Å². The van der Waals surface area contributed by atoms with Crippen molar-refractivity contribution in [2.45, 2.75) is 4.90 Å². The molecule has 17 heavy (non-hydrogen) atoms. The first-order valence-corrected chi connectivity index (χ1v) is 7.27. The molecule has 1 aromatic carbocycles. The molecule has 0 saturated carbocycles. The SMILES string of the molecule is CSc1cccc2nc3sc(Cl)cn3c(=O)c12. The molecule has 3 aromatic rings. The molecule has 0 unspecified atom stereocenters. The summed E-state index contributed by atoms with van der Waals surface area (Å²) in [7, 11) is 0. The summed E-state index contributed by atoms with van der Waals surface area (Å²) in [6, 6.07) is 5.69. The van der Waals surface area contributed by atoms with Gasteiger partial charge in [-0.25, -0.2) is 4.98 Å². The van der Waals surface area contributed by atoms with Gasteiger partial charge in [0.1, 0.15) is 4.34 Å². The van der Waals surface area contributed by atoms with Gasteiger partial charge < -0.3 is 0 Å². The smallest absolute Gasteiger partial charge is 0.267 e. The van der Waals surface area contributed by atoms with Crippen LogP contribution in [0.3, 0.4) is 0 Å². The van der Waals surface area contributed by atoms with Crippen LogP contribution in [-0.4, -0.2) is 15.6 Å². The lowest BCUT2D eigenvalue weighted by Gasteiger charge is -2.02. The number of halogens is 1. The molecule has 2 heterocycles. The Labute approximate surface area is 110 Å². The predicted octanol–water partition coefficient (Wildman–Crippen LogP) is 3.28. The highest BCUT2D eigenvalue weighted by Gasteiger charge is 2.11. The van der Waals surface area contributed by atoms with Crippen molar-refractivity contribution in [2.24, 2.45) is 0 Å². The molecular weight excluding hydrogens is 276 g/mol. The molecule has 6 heteroatoms. The van der Waals surface area contributed by atoms with Crippen LogP contribution in [0.25, 0.3) is 15.9 Å². The summed E-state index contributed by atoms with van der Waals surface area (Å²) in [4.78, 5) is 18.4. The number of hydrogen-bond acceptors (Lipinski definition) is 4. The number of nitrogens with zero attached hydrogens (tertiary/aromatic N) is 2. The van der Waals surface area contributed by atoms with Crippen LogP contribution >= 0.6 is 34.7 Å². The number of thiazole rings is 1. The second kappa shape index (κ2) is 4.01. The van der Waals surface area contributed by atoms with Crippen LogP contribution in [0.1, 0.15) is 0 Å². The van der Waals surface area contributed by atoms with E-state index in [1.165, 1.54) is 15.7 Å². The van der Waals surface area contributed by atoms with E-state index in [0.717, 1.165) is 10.4 Å². The largest absolute Gasteiger partial charge is 0.268 e. The Kier molecular flexibility index (Phi) is 2.61. The average Bonchev–Trinajstić information content (AvgIpc) is 2.69. The van der Waals surface area contributed by atoms with Gasteiger partial charge in [0, 0.05) is 11.1 Å². The summed E-state index contributed by atoms with van der Waals surface area (Å²) in [5.41, 5.74) is 0.665. The van der Waals surface area contributed by atoms with Crippen molar-refractivity contribution in [1.29, 1.82) is 0 Å². The molecule has 0 N–H and O–H groups in total. The highest BCUT2D eigenvalue weighted by Crippen LogP contribution is 2.25. The Bertz CT molecular complexity index is 778. The molecule has 0 atom stereocenters. The van der Waals surface area contributed by atoms with Crippen LogP contribution in [-0.2, 0) is 0 Å². The van der Waals surface area contributed by atoms with Gasteiger partial charge in [0.15, 0.2) is 4.96 Å². The number of rotatable bonds is 1. The van der Waals surface area contributed by atoms with E-state index >= 15 is 0 Å². The minimum absolute atomic E-state index is 0.0573. The third-order valence-electron chi connectivity index (χ3n) is 2.50. The zero-order valence-electron chi connectivity index (χ0n) is 8.81. The van der Waals surface area contributed by atoms with Gasteiger partial charge in [0.05, 0.1) is 10.9 Å². The number of thioether (sulfide) groups is 1. The van der Waals surface area contributed by atoms with Crippen LogP contribution in [0.5, 0.6) is 0 Å². The maximum absolute atomic E-state index is 12.3. The second-order valence-corrected chi connectivity index (χ2v) is 5.95. The third kappa shape index (κ3) is 1.66. The zero-order valence-corrected chi connectivity index (χ0v) is 11.2. The van der Waals surface area contributed by atoms with Crippen molar-refractivity contribution >= 4 is 50.6 Å². The number of aromatic nitrogens is 2. The monoisotopic (exact) mass is 282 g/mol. The van der Waals surface area contributed by atoms with Crippen LogP contribution in [0.4, 0.5) is 0 Å². The molecule has 0 fully saturated rings. The molecule has 3 nitrogen and oxygen atoms in total. The molecule has 0 aliphatic heterocycles. The van der Waals surface area contributed by atoms with Crippen molar-refractivity contribution in [1.82, 2.24) is 9.38 Å². The molecule has 0 bridgehead atoms. The van der Waals surface area contributed by atoms with Crippen molar-refractivity contribution < 1.29 is 0 Å². The summed E-state index contributed by atoms with van der Waals surface area (Å²) < 4.78 is 2.07. The maximum Gasteiger partial charge on any atom is 0.267 e. The lowest BCUT2D eigenvalue weighted by molar-refractivity contribution is 1.11. The average molecular weight is 283 g/mol. The highest BCUT2D eigenvalue weighted by atomic mass is 35.5. The summed E-state index contributed by atoms with van der Waals surface area (Å²) in [6.07, 6.45) is 3.57. The van der Waals surface area contributed by atoms with E-state index in [4.69, 9.17) is 11.6 Å². The van der Waals surface area contributed by atoms with Crippen molar-refractivity contribution in [3.63, 3.8) is 0 Å². The summed E-state index contributed by atoms with van der Waals surface area (Å²) in [5.74, 6) is 0. The molecule has 0 aliphatic carbocycles. The minimum atomic E-state index is -0.0573. The molecule has 0 spiro atoms. The second-order valence-electron chi connectivity index (χ2n) is 3.46. The quantitative estimate of drug-likeness (QED) is 0.643.